The van der Waals surface area contributed by atoms with Crippen LogP contribution in [0.15, 0.2) is 46.1 Å². The Kier molecular flexibility index (Phi) is 4.88. The van der Waals surface area contributed by atoms with E-state index >= 15 is 0 Å². The maximum Gasteiger partial charge on any atom is 0.230 e. The minimum Gasteiger partial charge on any atom is -0.459 e. The van der Waals surface area contributed by atoms with E-state index in [1.54, 1.807) is 17.7 Å². The highest BCUT2D eigenvalue weighted by Gasteiger charge is 2.16. The number of carbonyl (C=O) groups is 1. The van der Waals surface area contributed by atoms with Gasteiger partial charge in [-0.05, 0) is 38.5 Å². The first-order chi connectivity index (χ1) is 13.0. The highest BCUT2D eigenvalue weighted by molar-refractivity contribution is 8.00. The summed E-state index contributed by atoms with van der Waals surface area (Å²) in [5.41, 5.74) is 2.02. The zero-order chi connectivity index (χ0) is 19.0. The molecule has 4 aromatic rings. The molecule has 0 aliphatic carbocycles. The van der Waals surface area contributed by atoms with E-state index < -0.39 is 0 Å². The number of hydrogen-bond acceptors (Lipinski definition) is 6. The third kappa shape index (κ3) is 3.57. The van der Waals surface area contributed by atoms with Crippen molar-refractivity contribution in [2.45, 2.75) is 31.8 Å². The van der Waals surface area contributed by atoms with Gasteiger partial charge in [0.15, 0.2) is 0 Å². The molecule has 7 heteroatoms. The number of carbonyl (C=O) groups excluding carboxylic acids is 1. The number of aromatic nitrogens is 2. The summed E-state index contributed by atoms with van der Waals surface area (Å²) in [6.45, 7) is 6.08. The molecular formula is C20H19N3O2S2. The van der Waals surface area contributed by atoms with Gasteiger partial charge in [0, 0.05) is 15.6 Å². The Morgan fingerprint density at radius 1 is 1.30 bits per heavy atom. The van der Waals surface area contributed by atoms with E-state index in [1.165, 1.54) is 22.2 Å². The van der Waals surface area contributed by atoms with Crippen molar-refractivity contribution >= 4 is 50.2 Å². The molecule has 1 amide bonds. The highest BCUT2D eigenvalue weighted by Crippen LogP contribution is 2.34. The van der Waals surface area contributed by atoms with Crippen molar-refractivity contribution in [2.24, 2.45) is 0 Å². The van der Waals surface area contributed by atoms with Gasteiger partial charge in [-0.15, -0.1) is 11.3 Å². The number of nitrogens with zero attached hydrogens (tertiary/aromatic N) is 2. The molecule has 0 saturated heterocycles. The molecule has 1 aromatic carbocycles. The van der Waals surface area contributed by atoms with Crippen LogP contribution in [0.1, 0.15) is 29.2 Å². The zero-order valence-corrected chi connectivity index (χ0v) is 16.9. The molecule has 138 valence electrons. The summed E-state index contributed by atoms with van der Waals surface area (Å²) in [6, 6.07) is 9.61. The van der Waals surface area contributed by atoms with Crippen molar-refractivity contribution in [3.8, 4) is 0 Å². The first-order valence-electron chi connectivity index (χ1n) is 8.64. The monoisotopic (exact) mass is 397 g/mol. The Hall–Kier alpha value is -2.38. The van der Waals surface area contributed by atoms with Crippen molar-refractivity contribution in [1.29, 1.82) is 0 Å². The number of furan rings is 1. The lowest BCUT2D eigenvalue weighted by atomic mass is 10.2. The quantitative estimate of drug-likeness (QED) is 0.378. The summed E-state index contributed by atoms with van der Waals surface area (Å²) < 4.78 is 5.83. The predicted octanol–water partition coefficient (Wildman–Crippen LogP) is 5.02. The van der Waals surface area contributed by atoms with Gasteiger partial charge in [-0.3, -0.25) is 4.79 Å². The second-order valence-electron chi connectivity index (χ2n) is 6.41. The lowest BCUT2D eigenvalue weighted by Crippen LogP contribution is -2.27. The zero-order valence-electron chi connectivity index (χ0n) is 15.3. The lowest BCUT2D eigenvalue weighted by Gasteiger charge is -2.11. The molecule has 1 unspecified atom stereocenters. The molecule has 0 aliphatic heterocycles. The fraction of sp³-hybridized carbons (Fsp3) is 0.250. The average molecular weight is 398 g/mol. The number of nitrogens with one attached hydrogen (secondary N) is 1. The molecule has 0 aliphatic rings. The molecule has 4 rings (SSSR count). The van der Waals surface area contributed by atoms with Crippen LogP contribution in [0.3, 0.4) is 0 Å². The second kappa shape index (κ2) is 7.32. The number of rotatable bonds is 5. The van der Waals surface area contributed by atoms with Crippen molar-refractivity contribution in [1.82, 2.24) is 15.3 Å². The van der Waals surface area contributed by atoms with Crippen LogP contribution < -0.4 is 5.32 Å². The maximum atomic E-state index is 12.4. The topological polar surface area (TPSA) is 68.0 Å². The number of aryl methyl sites for hydroxylation is 2. The Morgan fingerprint density at radius 2 is 2.11 bits per heavy atom. The van der Waals surface area contributed by atoms with Crippen LogP contribution >= 0.6 is 23.1 Å². The molecule has 3 aromatic heterocycles. The number of thiophene rings is 1. The number of benzene rings is 1. The van der Waals surface area contributed by atoms with Crippen molar-refractivity contribution in [3.63, 3.8) is 0 Å². The fourth-order valence-corrected chi connectivity index (χ4v) is 4.89. The molecule has 0 fully saturated rings. The van der Waals surface area contributed by atoms with Crippen molar-refractivity contribution in [3.05, 3.63) is 52.9 Å². The number of fused-ring (bicyclic) bond motifs is 2. The van der Waals surface area contributed by atoms with Gasteiger partial charge in [-0.25, -0.2) is 9.97 Å². The number of thioether (sulfide) groups is 1. The third-order valence-corrected chi connectivity index (χ3v) is 6.62. The van der Waals surface area contributed by atoms with Crippen molar-refractivity contribution in [2.75, 3.05) is 5.75 Å². The van der Waals surface area contributed by atoms with Gasteiger partial charge in [0.1, 0.15) is 27.5 Å². The van der Waals surface area contributed by atoms with Crippen LogP contribution in [-0.4, -0.2) is 21.6 Å². The summed E-state index contributed by atoms with van der Waals surface area (Å²) in [6.07, 6.45) is 1.56. The van der Waals surface area contributed by atoms with Gasteiger partial charge in [0.2, 0.25) is 5.91 Å². The highest BCUT2D eigenvalue weighted by atomic mass is 32.2. The Balaban J connectivity index is 1.44. The summed E-state index contributed by atoms with van der Waals surface area (Å²) in [4.78, 5) is 23.3. The van der Waals surface area contributed by atoms with Gasteiger partial charge >= 0.3 is 0 Å². The van der Waals surface area contributed by atoms with Crippen LogP contribution in [0.2, 0.25) is 0 Å². The average Bonchev–Trinajstić information content (AvgIpc) is 3.22. The van der Waals surface area contributed by atoms with E-state index in [0.717, 1.165) is 32.0 Å². The van der Waals surface area contributed by atoms with E-state index in [-0.39, 0.29) is 11.9 Å². The largest absolute Gasteiger partial charge is 0.459 e. The maximum absolute atomic E-state index is 12.4. The summed E-state index contributed by atoms with van der Waals surface area (Å²) in [5.74, 6) is 0.998. The van der Waals surface area contributed by atoms with Crippen LogP contribution in [0.5, 0.6) is 0 Å². The molecule has 1 atom stereocenters. The van der Waals surface area contributed by atoms with Crippen LogP contribution in [-0.2, 0) is 4.79 Å². The molecule has 0 radical (unpaired) electrons. The van der Waals surface area contributed by atoms with E-state index in [1.807, 2.05) is 37.3 Å². The number of hydrogen-bond donors (Lipinski definition) is 1. The van der Waals surface area contributed by atoms with E-state index in [9.17, 15) is 4.79 Å². The number of amides is 1. The summed E-state index contributed by atoms with van der Waals surface area (Å²) in [7, 11) is 0. The minimum atomic E-state index is -0.193. The molecule has 0 spiro atoms. The molecule has 0 bridgehead atoms. The Morgan fingerprint density at radius 3 is 2.93 bits per heavy atom. The number of para-hydroxylation sites is 1. The standard InChI is InChI=1S/C20H19N3O2S2/c1-11-13(3)27-20-18(11)19(21-10-22-20)26-9-17(24)23-12(2)16-8-14-6-4-5-7-15(14)25-16/h4-8,10,12H,9H2,1-3H3,(H,23,24). The molecule has 5 nitrogen and oxygen atoms in total. The predicted molar refractivity (Wildman–Crippen MR) is 110 cm³/mol. The van der Waals surface area contributed by atoms with Gasteiger partial charge in [0.05, 0.1) is 11.8 Å². The molecular weight excluding hydrogens is 378 g/mol. The van der Waals surface area contributed by atoms with Gasteiger partial charge < -0.3 is 9.73 Å². The Bertz CT molecular complexity index is 1100. The van der Waals surface area contributed by atoms with E-state index in [4.69, 9.17) is 4.42 Å². The lowest BCUT2D eigenvalue weighted by molar-refractivity contribution is -0.119. The van der Waals surface area contributed by atoms with Crippen LogP contribution in [0, 0.1) is 13.8 Å². The molecule has 27 heavy (non-hydrogen) atoms. The molecule has 0 saturated carbocycles. The second-order valence-corrected chi connectivity index (χ2v) is 8.57. The Labute approximate surface area is 165 Å². The van der Waals surface area contributed by atoms with Crippen LogP contribution in [0.25, 0.3) is 21.2 Å². The van der Waals surface area contributed by atoms with Crippen LogP contribution in [0.4, 0.5) is 0 Å². The van der Waals surface area contributed by atoms with Gasteiger partial charge in [0.25, 0.3) is 0 Å². The summed E-state index contributed by atoms with van der Waals surface area (Å²) >= 11 is 3.10. The van der Waals surface area contributed by atoms with Crippen molar-refractivity contribution < 1.29 is 9.21 Å². The van der Waals surface area contributed by atoms with E-state index in [0.29, 0.717) is 5.75 Å². The smallest absolute Gasteiger partial charge is 0.230 e. The first-order valence-corrected chi connectivity index (χ1v) is 10.4. The van der Waals surface area contributed by atoms with Gasteiger partial charge in [-0.2, -0.15) is 0 Å². The molecule has 1 N–H and O–H groups in total. The van der Waals surface area contributed by atoms with E-state index in [2.05, 4.69) is 29.1 Å². The third-order valence-electron chi connectivity index (χ3n) is 4.52. The fourth-order valence-electron chi connectivity index (χ4n) is 2.96. The first kappa shape index (κ1) is 18.0. The SMILES string of the molecule is Cc1sc2ncnc(SCC(=O)NC(C)c3cc4ccccc4o3)c2c1C. The molecule has 3 heterocycles. The normalized spacial score (nSPS) is 12.6. The minimum absolute atomic E-state index is 0.0516. The summed E-state index contributed by atoms with van der Waals surface area (Å²) in [5, 5.41) is 5.95. The van der Waals surface area contributed by atoms with Gasteiger partial charge in [-0.1, -0.05) is 30.0 Å².